The number of methoxy groups -OCH3 is 1. The van der Waals surface area contributed by atoms with E-state index in [1.54, 1.807) is 7.11 Å². The van der Waals surface area contributed by atoms with Crippen LogP contribution in [-0.4, -0.2) is 55.1 Å². The monoisotopic (exact) mass is 408 g/mol. The summed E-state index contributed by atoms with van der Waals surface area (Å²) in [6, 6.07) is 19.1. The predicted molar refractivity (Wildman–Crippen MR) is 117 cm³/mol. The Morgan fingerprint density at radius 1 is 1.00 bits per heavy atom. The summed E-state index contributed by atoms with van der Waals surface area (Å²) in [4.78, 5) is 17.0. The lowest BCUT2D eigenvalue weighted by Gasteiger charge is -2.47. The van der Waals surface area contributed by atoms with Crippen molar-refractivity contribution >= 4 is 5.91 Å². The minimum Gasteiger partial charge on any atom is -0.489 e. The van der Waals surface area contributed by atoms with Crippen LogP contribution in [0.3, 0.4) is 0 Å². The van der Waals surface area contributed by atoms with E-state index in [0.717, 1.165) is 44.8 Å². The van der Waals surface area contributed by atoms with Gasteiger partial charge in [0.1, 0.15) is 12.4 Å². The number of carbonyl (C=O) groups is 1. The van der Waals surface area contributed by atoms with Gasteiger partial charge in [-0.15, -0.1) is 0 Å². The fraction of sp³-hybridized carbons (Fsp3) is 0.480. The lowest BCUT2D eigenvalue weighted by atomic mass is 9.83. The summed E-state index contributed by atoms with van der Waals surface area (Å²) in [6.07, 6.45) is 2.74. The number of amides is 1. The smallest absolute Gasteiger partial charge is 0.222 e. The third-order valence-electron chi connectivity index (χ3n) is 6.34. The lowest BCUT2D eigenvalue weighted by Crippen LogP contribution is -2.56. The molecule has 1 amide bonds. The summed E-state index contributed by atoms with van der Waals surface area (Å²) in [7, 11) is 1.70. The second kappa shape index (κ2) is 10.1. The number of benzene rings is 2. The summed E-state index contributed by atoms with van der Waals surface area (Å²) in [5.41, 5.74) is 2.48. The summed E-state index contributed by atoms with van der Waals surface area (Å²) in [6.45, 7) is 4.98. The SMILES string of the molecule is COCCN1C(=O)CC[C@@H]2CN(Cc3ccc(OCc4ccccc4)cc3)CC[C@@H]21. The highest BCUT2D eigenvalue weighted by Crippen LogP contribution is 2.31. The number of ether oxygens (including phenoxy) is 2. The fourth-order valence-corrected chi connectivity index (χ4v) is 4.74. The maximum absolute atomic E-state index is 12.3. The molecule has 0 aromatic heterocycles. The molecule has 2 atom stereocenters. The molecule has 2 heterocycles. The molecule has 2 saturated heterocycles. The van der Waals surface area contributed by atoms with Gasteiger partial charge in [0.05, 0.1) is 6.61 Å². The quantitative estimate of drug-likeness (QED) is 0.668. The zero-order valence-corrected chi connectivity index (χ0v) is 17.8. The molecule has 2 aromatic carbocycles. The van der Waals surface area contributed by atoms with Gasteiger partial charge in [-0.25, -0.2) is 0 Å². The molecule has 0 N–H and O–H groups in total. The van der Waals surface area contributed by atoms with E-state index in [0.29, 0.717) is 37.5 Å². The molecule has 0 aliphatic carbocycles. The number of nitrogens with zero attached hydrogens (tertiary/aromatic N) is 2. The molecule has 5 nitrogen and oxygen atoms in total. The van der Waals surface area contributed by atoms with Gasteiger partial charge in [-0.1, -0.05) is 42.5 Å². The van der Waals surface area contributed by atoms with E-state index in [4.69, 9.17) is 9.47 Å². The third-order valence-corrected chi connectivity index (χ3v) is 6.34. The molecule has 0 bridgehead atoms. The van der Waals surface area contributed by atoms with Crippen molar-refractivity contribution in [1.29, 1.82) is 0 Å². The maximum atomic E-state index is 12.3. The first-order valence-corrected chi connectivity index (χ1v) is 11.0. The van der Waals surface area contributed by atoms with Gasteiger partial charge in [-0.2, -0.15) is 0 Å². The normalized spacial score (nSPS) is 22.0. The lowest BCUT2D eigenvalue weighted by molar-refractivity contribution is -0.142. The minimum absolute atomic E-state index is 0.299. The number of likely N-dealkylation sites (tertiary alicyclic amines) is 2. The van der Waals surface area contributed by atoms with Gasteiger partial charge in [0.15, 0.2) is 0 Å². The van der Waals surface area contributed by atoms with Crippen LogP contribution in [0.4, 0.5) is 0 Å². The van der Waals surface area contributed by atoms with Gasteiger partial charge in [-0.3, -0.25) is 9.69 Å². The molecule has 2 aliphatic heterocycles. The largest absolute Gasteiger partial charge is 0.489 e. The highest BCUT2D eigenvalue weighted by Gasteiger charge is 2.38. The zero-order chi connectivity index (χ0) is 20.8. The summed E-state index contributed by atoms with van der Waals surface area (Å²) >= 11 is 0. The van der Waals surface area contributed by atoms with Crippen LogP contribution >= 0.6 is 0 Å². The Morgan fingerprint density at radius 3 is 2.57 bits per heavy atom. The van der Waals surface area contributed by atoms with E-state index in [2.05, 4.69) is 46.2 Å². The average Bonchev–Trinajstić information content (AvgIpc) is 2.79. The summed E-state index contributed by atoms with van der Waals surface area (Å²) in [5, 5.41) is 0. The predicted octanol–water partition coefficient (Wildman–Crippen LogP) is 3.72. The summed E-state index contributed by atoms with van der Waals surface area (Å²) in [5.74, 6) is 1.77. The first kappa shape index (κ1) is 20.9. The molecule has 2 aromatic rings. The molecule has 4 rings (SSSR count). The van der Waals surface area contributed by atoms with Crippen molar-refractivity contribution < 1.29 is 14.3 Å². The number of carbonyl (C=O) groups excluding carboxylic acids is 1. The molecule has 2 aliphatic rings. The van der Waals surface area contributed by atoms with Crippen LogP contribution < -0.4 is 4.74 Å². The first-order valence-electron chi connectivity index (χ1n) is 11.0. The number of fused-ring (bicyclic) bond motifs is 1. The van der Waals surface area contributed by atoms with Gasteiger partial charge >= 0.3 is 0 Å². The average molecular weight is 409 g/mol. The van der Waals surface area contributed by atoms with E-state index < -0.39 is 0 Å². The van der Waals surface area contributed by atoms with Gasteiger partial charge < -0.3 is 14.4 Å². The molecule has 5 heteroatoms. The van der Waals surface area contributed by atoms with Crippen molar-refractivity contribution in [3.63, 3.8) is 0 Å². The fourth-order valence-electron chi connectivity index (χ4n) is 4.74. The zero-order valence-electron chi connectivity index (χ0n) is 17.8. The molecule has 0 radical (unpaired) electrons. The van der Waals surface area contributed by atoms with Crippen molar-refractivity contribution in [2.24, 2.45) is 5.92 Å². The Labute approximate surface area is 179 Å². The second-order valence-electron chi connectivity index (χ2n) is 8.39. The van der Waals surface area contributed by atoms with Crippen molar-refractivity contribution in [3.8, 4) is 5.75 Å². The van der Waals surface area contributed by atoms with Gasteiger partial charge in [0.2, 0.25) is 5.91 Å². The Balaban J connectivity index is 1.28. The third kappa shape index (κ3) is 5.21. The molecule has 0 saturated carbocycles. The number of rotatable bonds is 8. The van der Waals surface area contributed by atoms with Crippen LogP contribution in [-0.2, 0) is 22.7 Å². The Hall–Kier alpha value is -2.37. The van der Waals surface area contributed by atoms with Crippen LogP contribution in [0.2, 0.25) is 0 Å². The molecule has 2 fully saturated rings. The molecule has 160 valence electrons. The highest BCUT2D eigenvalue weighted by atomic mass is 16.5. The van der Waals surface area contributed by atoms with Gasteiger partial charge in [-0.05, 0) is 42.0 Å². The first-order chi connectivity index (χ1) is 14.7. The standard InChI is InChI=1S/C25H32N2O3/c1-29-16-15-27-24-13-14-26(18-22(24)9-12-25(27)28)17-20-7-10-23(11-8-20)30-19-21-5-3-2-4-6-21/h2-8,10-11,22,24H,9,12-19H2,1H3/t22-,24+/m1/s1. The summed E-state index contributed by atoms with van der Waals surface area (Å²) < 4.78 is 11.1. The van der Waals surface area contributed by atoms with Crippen molar-refractivity contribution in [2.75, 3.05) is 33.4 Å². The van der Waals surface area contributed by atoms with Crippen molar-refractivity contribution in [3.05, 3.63) is 65.7 Å². The Morgan fingerprint density at radius 2 is 1.80 bits per heavy atom. The van der Waals surface area contributed by atoms with Crippen LogP contribution in [0.15, 0.2) is 54.6 Å². The minimum atomic E-state index is 0.299. The molecule has 0 spiro atoms. The van der Waals surface area contributed by atoms with E-state index in [1.165, 1.54) is 11.1 Å². The van der Waals surface area contributed by atoms with E-state index >= 15 is 0 Å². The van der Waals surface area contributed by atoms with E-state index in [9.17, 15) is 4.79 Å². The molecule has 30 heavy (non-hydrogen) atoms. The van der Waals surface area contributed by atoms with Crippen LogP contribution in [0.5, 0.6) is 5.75 Å². The van der Waals surface area contributed by atoms with E-state index in [-0.39, 0.29) is 0 Å². The van der Waals surface area contributed by atoms with Crippen LogP contribution in [0, 0.1) is 5.92 Å². The van der Waals surface area contributed by atoms with E-state index in [1.807, 2.05) is 18.2 Å². The Kier molecular flexibility index (Phi) is 7.03. The maximum Gasteiger partial charge on any atom is 0.222 e. The number of hydrogen-bond acceptors (Lipinski definition) is 4. The number of hydrogen-bond donors (Lipinski definition) is 0. The van der Waals surface area contributed by atoms with Crippen molar-refractivity contribution in [1.82, 2.24) is 9.80 Å². The molecule has 0 unspecified atom stereocenters. The number of piperidine rings is 2. The topological polar surface area (TPSA) is 42.0 Å². The molecular weight excluding hydrogens is 376 g/mol. The van der Waals surface area contributed by atoms with Crippen molar-refractivity contribution in [2.45, 2.75) is 38.5 Å². The van der Waals surface area contributed by atoms with Crippen LogP contribution in [0.1, 0.15) is 30.4 Å². The van der Waals surface area contributed by atoms with Gasteiger partial charge in [0.25, 0.3) is 0 Å². The molecular formula is C25H32N2O3. The highest BCUT2D eigenvalue weighted by molar-refractivity contribution is 5.77. The van der Waals surface area contributed by atoms with Crippen LogP contribution in [0.25, 0.3) is 0 Å². The Bertz CT molecular complexity index is 809. The van der Waals surface area contributed by atoms with Gasteiger partial charge in [0, 0.05) is 45.8 Å². The second-order valence-corrected chi connectivity index (χ2v) is 8.39.